The zero-order valence-electron chi connectivity index (χ0n) is 8.73. The Bertz CT molecular complexity index is 524. The maximum Gasteiger partial charge on any atom is 0.182 e. The van der Waals surface area contributed by atoms with Crippen molar-refractivity contribution in [3.8, 4) is 6.07 Å². The van der Waals surface area contributed by atoms with Crippen molar-refractivity contribution in [3.63, 3.8) is 0 Å². The molecule has 0 saturated heterocycles. The molecule has 0 aliphatic heterocycles. The van der Waals surface area contributed by atoms with E-state index in [1.807, 2.05) is 13.0 Å². The third kappa shape index (κ3) is 1.98. The predicted octanol–water partition coefficient (Wildman–Crippen LogP) is 0.992. The van der Waals surface area contributed by atoms with Crippen LogP contribution in [0.3, 0.4) is 0 Å². The number of H-pyrrole nitrogens is 1. The van der Waals surface area contributed by atoms with Crippen LogP contribution < -0.4 is 5.32 Å². The van der Waals surface area contributed by atoms with Crippen LogP contribution in [0.5, 0.6) is 0 Å². The first kappa shape index (κ1) is 10.1. The first-order valence-corrected chi connectivity index (χ1v) is 4.75. The van der Waals surface area contributed by atoms with E-state index in [9.17, 15) is 0 Å². The summed E-state index contributed by atoms with van der Waals surface area (Å²) in [6, 6.07) is 1.98. The molecule has 16 heavy (non-hydrogen) atoms. The lowest BCUT2D eigenvalue weighted by Crippen LogP contribution is -2.04. The van der Waals surface area contributed by atoms with Gasteiger partial charge in [0.1, 0.15) is 6.07 Å². The average Bonchev–Trinajstić information content (AvgIpc) is 2.72. The van der Waals surface area contributed by atoms with E-state index in [0.717, 1.165) is 11.3 Å². The van der Waals surface area contributed by atoms with Crippen molar-refractivity contribution >= 4 is 5.82 Å². The number of nitrogens with zero attached hydrogens (tertiary/aromatic N) is 4. The normalized spacial score (nSPS) is 9.75. The minimum Gasteiger partial charge on any atom is -0.363 e. The molecule has 0 unspecified atom stereocenters. The highest BCUT2D eigenvalue weighted by Gasteiger charge is 2.05. The van der Waals surface area contributed by atoms with Crippen LogP contribution in [0.1, 0.15) is 17.0 Å². The maximum atomic E-state index is 8.82. The second-order valence-corrected chi connectivity index (χ2v) is 3.24. The summed E-state index contributed by atoms with van der Waals surface area (Å²) < 4.78 is 0. The van der Waals surface area contributed by atoms with E-state index in [-0.39, 0.29) is 0 Å². The van der Waals surface area contributed by atoms with Gasteiger partial charge in [-0.3, -0.25) is 5.10 Å². The van der Waals surface area contributed by atoms with Crippen LogP contribution in [0.15, 0.2) is 18.6 Å². The lowest BCUT2D eigenvalue weighted by molar-refractivity contribution is 1.03. The lowest BCUT2D eigenvalue weighted by atomic mass is 10.2. The molecule has 2 aromatic rings. The van der Waals surface area contributed by atoms with E-state index in [4.69, 9.17) is 5.26 Å². The summed E-state index contributed by atoms with van der Waals surface area (Å²) in [5, 5.41) is 18.6. The van der Waals surface area contributed by atoms with E-state index < -0.39 is 0 Å². The number of anilines is 1. The van der Waals surface area contributed by atoms with Crippen molar-refractivity contribution in [2.45, 2.75) is 13.5 Å². The van der Waals surface area contributed by atoms with Gasteiger partial charge in [-0.2, -0.15) is 10.4 Å². The Kier molecular flexibility index (Phi) is 2.78. The van der Waals surface area contributed by atoms with Gasteiger partial charge in [-0.15, -0.1) is 0 Å². The first-order chi connectivity index (χ1) is 7.81. The van der Waals surface area contributed by atoms with Crippen LogP contribution in [0.4, 0.5) is 5.82 Å². The van der Waals surface area contributed by atoms with Crippen molar-refractivity contribution in [2.24, 2.45) is 0 Å². The largest absolute Gasteiger partial charge is 0.363 e. The standard InChI is InChI=1S/C10H10N6/c1-7-8(6-15-16-7)5-14-10-9(4-11)12-2-3-13-10/h2-3,6H,5H2,1H3,(H,13,14)(H,15,16). The molecule has 2 heterocycles. The molecule has 0 saturated carbocycles. The topological polar surface area (TPSA) is 90.3 Å². The third-order valence-corrected chi connectivity index (χ3v) is 2.18. The molecule has 0 aliphatic carbocycles. The Morgan fingerprint density at radius 2 is 2.25 bits per heavy atom. The Morgan fingerprint density at radius 3 is 2.94 bits per heavy atom. The molecule has 0 aromatic carbocycles. The van der Waals surface area contributed by atoms with Gasteiger partial charge in [-0.25, -0.2) is 9.97 Å². The van der Waals surface area contributed by atoms with Crippen molar-refractivity contribution in [1.29, 1.82) is 5.26 Å². The molecule has 0 aliphatic rings. The Labute approximate surface area is 92.4 Å². The van der Waals surface area contributed by atoms with Crippen LogP contribution in [-0.2, 0) is 6.54 Å². The number of hydrogen-bond acceptors (Lipinski definition) is 5. The smallest absolute Gasteiger partial charge is 0.182 e. The zero-order valence-corrected chi connectivity index (χ0v) is 8.73. The molecule has 6 heteroatoms. The molecular weight excluding hydrogens is 204 g/mol. The van der Waals surface area contributed by atoms with E-state index in [1.54, 1.807) is 12.4 Å². The third-order valence-electron chi connectivity index (χ3n) is 2.18. The molecule has 2 aromatic heterocycles. The molecule has 0 atom stereocenters. The van der Waals surface area contributed by atoms with Gasteiger partial charge < -0.3 is 5.32 Å². The van der Waals surface area contributed by atoms with Gasteiger partial charge in [0.2, 0.25) is 0 Å². The molecular formula is C10H10N6. The molecule has 0 amide bonds. The molecule has 0 bridgehead atoms. The van der Waals surface area contributed by atoms with Gasteiger partial charge >= 0.3 is 0 Å². The predicted molar refractivity (Wildman–Crippen MR) is 57.4 cm³/mol. The van der Waals surface area contributed by atoms with Gasteiger partial charge in [-0.1, -0.05) is 0 Å². The summed E-state index contributed by atoms with van der Waals surface area (Å²) in [6.07, 6.45) is 4.78. The zero-order chi connectivity index (χ0) is 11.4. The minimum atomic E-state index is 0.295. The lowest BCUT2D eigenvalue weighted by Gasteiger charge is -2.04. The van der Waals surface area contributed by atoms with E-state index in [2.05, 4.69) is 25.5 Å². The highest BCUT2D eigenvalue weighted by atomic mass is 15.1. The van der Waals surface area contributed by atoms with Gasteiger partial charge in [0.05, 0.1) is 6.20 Å². The number of aromatic amines is 1. The van der Waals surface area contributed by atoms with Crippen molar-refractivity contribution in [2.75, 3.05) is 5.32 Å². The van der Waals surface area contributed by atoms with Crippen molar-refractivity contribution in [1.82, 2.24) is 20.2 Å². The summed E-state index contributed by atoms with van der Waals surface area (Å²) in [5.41, 5.74) is 2.33. The molecule has 0 radical (unpaired) electrons. The quantitative estimate of drug-likeness (QED) is 0.795. The average molecular weight is 214 g/mol. The number of rotatable bonds is 3. The van der Waals surface area contributed by atoms with Crippen LogP contribution in [-0.4, -0.2) is 20.2 Å². The summed E-state index contributed by atoms with van der Waals surface area (Å²) in [4.78, 5) is 7.96. The van der Waals surface area contributed by atoms with Gasteiger partial charge in [0.25, 0.3) is 0 Å². The number of aromatic nitrogens is 4. The van der Waals surface area contributed by atoms with Crippen LogP contribution >= 0.6 is 0 Å². The maximum absolute atomic E-state index is 8.82. The second kappa shape index (κ2) is 4.40. The molecule has 0 spiro atoms. The highest BCUT2D eigenvalue weighted by Crippen LogP contribution is 2.10. The second-order valence-electron chi connectivity index (χ2n) is 3.24. The van der Waals surface area contributed by atoms with Crippen LogP contribution in [0, 0.1) is 18.3 Å². The number of aryl methyl sites for hydroxylation is 1. The molecule has 2 rings (SSSR count). The van der Waals surface area contributed by atoms with Gasteiger partial charge in [0.15, 0.2) is 11.5 Å². The molecule has 2 N–H and O–H groups in total. The minimum absolute atomic E-state index is 0.295. The van der Waals surface area contributed by atoms with Crippen LogP contribution in [0.25, 0.3) is 0 Å². The SMILES string of the molecule is Cc1[nH]ncc1CNc1nccnc1C#N. The Morgan fingerprint density at radius 1 is 1.44 bits per heavy atom. The van der Waals surface area contributed by atoms with E-state index >= 15 is 0 Å². The summed E-state index contributed by atoms with van der Waals surface area (Å²) in [5.74, 6) is 0.491. The first-order valence-electron chi connectivity index (χ1n) is 4.75. The molecule has 80 valence electrons. The monoisotopic (exact) mass is 214 g/mol. The van der Waals surface area contributed by atoms with E-state index in [1.165, 1.54) is 6.20 Å². The van der Waals surface area contributed by atoms with E-state index in [0.29, 0.717) is 18.1 Å². The molecule has 0 fully saturated rings. The fraction of sp³-hybridized carbons (Fsp3) is 0.200. The van der Waals surface area contributed by atoms with Gasteiger partial charge in [0, 0.05) is 30.2 Å². The Balaban J connectivity index is 2.11. The van der Waals surface area contributed by atoms with Crippen molar-refractivity contribution < 1.29 is 0 Å². The fourth-order valence-electron chi connectivity index (χ4n) is 1.28. The summed E-state index contributed by atoms with van der Waals surface area (Å²) in [6.45, 7) is 2.50. The number of nitriles is 1. The number of hydrogen-bond donors (Lipinski definition) is 2. The number of nitrogens with one attached hydrogen (secondary N) is 2. The molecule has 6 nitrogen and oxygen atoms in total. The van der Waals surface area contributed by atoms with Crippen LogP contribution in [0.2, 0.25) is 0 Å². The van der Waals surface area contributed by atoms with Gasteiger partial charge in [-0.05, 0) is 6.92 Å². The summed E-state index contributed by atoms with van der Waals surface area (Å²) >= 11 is 0. The fourth-order valence-corrected chi connectivity index (χ4v) is 1.28. The Hall–Kier alpha value is -2.42. The highest BCUT2D eigenvalue weighted by molar-refractivity contribution is 5.47. The summed E-state index contributed by atoms with van der Waals surface area (Å²) in [7, 11) is 0. The van der Waals surface area contributed by atoms with Crippen molar-refractivity contribution in [3.05, 3.63) is 35.5 Å².